The van der Waals surface area contributed by atoms with Crippen LogP contribution in [0.2, 0.25) is 0 Å². The summed E-state index contributed by atoms with van der Waals surface area (Å²) in [5, 5.41) is 2.90. The molecule has 24 heavy (non-hydrogen) atoms. The van der Waals surface area contributed by atoms with Gasteiger partial charge in [-0.3, -0.25) is 9.69 Å². The second kappa shape index (κ2) is 7.49. The molecule has 0 aromatic heterocycles. The fraction of sp³-hybridized carbons (Fsp3) is 0.350. The van der Waals surface area contributed by atoms with E-state index in [0.29, 0.717) is 11.3 Å². The lowest BCUT2D eigenvalue weighted by Crippen LogP contribution is -2.29. The highest BCUT2D eigenvalue weighted by molar-refractivity contribution is 6.04. The predicted octanol–water partition coefficient (Wildman–Crippen LogP) is 3.82. The van der Waals surface area contributed by atoms with E-state index >= 15 is 0 Å². The maximum atomic E-state index is 12.3. The average molecular weight is 323 g/mol. The van der Waals surface area contributed by atoms with Crippen LogP contribution < -0.4 is 11.1 Å². The van der Waals surface area contributed by atoms with Gasteiger partial charge in [0, 0.05) is 23.5 Å². The van der Waals surface area contributed by atoms with E-state index in [1.807, 2.05) is 43.3 Å². The Hall–Kier alpha value is -2.33. The van der Waals surface area contributed by atoms with Gasteiger partial charge >= 0.3 is 0 Å². The number of nitrogens with two attached hydrogens (primary N) is 1. The van der Waals surface area contributed by atoms with Crippen LogP contribution in [0.5, 0.6) is 0 Å². The molecule has 0 aliphatic carbocycles. The highest BCUT2D eigenvalue weighted by Crippen LogP contribution is 2.18. The molecule has 3 rings (SSSR count). The van der Waals surface area contributed by atoms with Gasteiger partial charge in [-0.05, 0) is 68.2 Å². The van der Waals surface area contributed by atoms with E-state index in [9.17, 15) is 4.79 Å². The van der Waals surface area contributed by atoms with Crippen LogP contribution >= 0.6 is 0 Å². The van der Waals surface area contributed by atoms with E-state index in [2.05, 4.69) is 10.2 Å². The van der Waals surface area contributed by atoms with Crippen molar-refractivity contribution in [2.75, 3.05) is 24.1 Å². The van der Waals surface area contributed by atoms with Crippen LogP contribution in [0.25, 0.3) is 0 Å². The fourth-order valence-electron chi connectivity index (χ4n) is 3.06. The van der Waals surface area contributed by atoms with Crippen molar-refractivity contribution < 1.29 is 4.79 Å². The fourth-order valence-corrected chi connectivity index (χ4v) is 3.06. The summed E-state index contributed by atoms with van der Waals surface area (Å²) in [4.78, 5) is 14.8. The summed E-state index contributed by atoms with van der Waals surface area (Å²) < 4.78 is 0. The Morgan fingerprint density at radius 2 is 1.79 bits per heavy atom. The molecule has 126 valence electrons. The van der Waals surface area contributed by atoms with Gasteiger partial charge in [-0.1, -0.05) is 24.6 Å². The monoisotopic (exact) mass is 323 g/mol. The van der Waals surface area contributed by atoms with Crippen LogP contribution in [0.4, 0.5) is 11.4 Å². The third-order valence-electron chi connectivity index (χ3n) is 4.61. The van der Waals surface area contributed by atoms with Crippen molar-refractivity contribution >= 4 is 17.3 Å². The average Bonchev–Trinajstić information content (AvgIpc) is 2.60. The Bertz CT molecular complexity index is 703. The van der Waals surface area contributed by atoms with Gasteiger partial charge < -0.3 is 11.1 Å². The molecule has 1 fully saturated rings. The molecule has 0 bridgehead atoms. The van der Waals surface area contributed by atoms with Crippen LogP contribution in [0.15, 0.2) is 42.5 Å². The third-order valence-corrected chi connectivity index (χ3v) is 4.61. The first kappa shape index (κ1) is 16.5. The number of likely N-dealkylation sites (tertiary alicyclic amines) is 1. The van der Waals surface area contributed by atoms with Gasteiger partial charge in [0.2, 0.25) is 0 Å². The highest BCUT2D eigenvalue weighted by atomic mass is 16.1. The first-order valence-corrected chi connectivity index (χ1v) is 8.60. The number of rotatable bonds is 4. The number of benzene rings is 2. The maximum absolute atomic E-state index is 12.3. The standard InChI is InChI=1S/C20H25N3O/c1-15-5-10-18(13-19(15)21)22-20(24)17-8-6-16(7-9-17)14-23-11-3-2-4-12-23/h5-10,13H,2-4,11-12,14,21H2,1H3,(H,22,24). The van der Waals surface area contributed by atoms with E-state index in [-0.39, 0.29) is 5.91 Å². The maximum Gasteiger partial charge on any atom is 0.255 e. The Kier molecular flexibility index (Phi) is 5.16. The van der Waals surface area contributed by atoms with Crippen molar-refractivity contribution in [3.8, 4) is 0 Å². The topological polar surface area (TPSA) is 58.4 Å². The first-order chi connectivity index (χ1) is 11.6. The second-order valence-corrected chi connectivity index (χ2v) is 6.56. The SMILES string of the molecule is Cc1ccc(NC(=O)c2ccc(CN3CCCCC3)cc2)cc1N. The van der Waals surface area contributed by atoms with Gasteiger partial charge in [0.1, 0.15) is 0 Å². The Labute approximate surface area is 143 Å². The first-order valence-electron chi connectivity index (χ1n) is 8.60. The number of anilines is 2. The molecule has 1 aliphatic heterocycles. The van der Waals surface area contributed by atoms with Crippen molar-refractivity contribution in [3.05, 3.63) is 59.2 Å². The molecule has 0 atom stereocenters. The number of aryl methyl sites for hydroxylation is 1. The number of nitrogens with zero attached hydrogens (tertiary/aromatic N) is 1. The molecule has 2 aromatic carbocycles. The third kappa shape index (κ3) is 4.15. The minimum atomic E-state index is -0.109. The normalized spacial score (nSPS) is 15.2. The lowest BCUT2D eigenvalue weighted by Gasteiger charge is -2.26. The van der Waals surface area contributed by atoms with Crippen LogP contribution in [0.3, 0.4) is 0 Å². The number of nitrogen functional groups attached to an aromatic ring is 1. The van der Waals surface area contributed by atoms with Crippen LogP contribution in [0, 0.1) is 6.92 Å². The molecular weight excluding hydrogens is 298 g/mol. The van der Waals surface area contributed by atoms with E-state index in [1.165, 1.54) is 37.9 Å². The summed E-state index contributed by atoms with van der Waals surface area (Å²) in [5.74, 6) is -0.109. The number of hydrogen-bond donors (Lipinski definition) is 2. The molecule has 0 radical (unpaired) electrons. The molecule has 0 unspecified atom stereocenters. The Morgan fingerprint density at radius 1 is 1.08 bits per heavy atom. The molecule has 2 aromatic rings. The second-order valence-electron chi connectivity index (χ2n) is 6.56. The zero-order valence-corrected chi connectivity index (χ0v) is 14.2. The van der Waals surface area contributed by atoms with Gasteiger partial charge in [0.15, 0.2) is 0 Å². The van der Waals surface area contributed by atoms with E-state index < -0.39 is 0 Å². The summed E-state index contributed by atoms with van der Waals surface area (Å²) in [6.07, 6.45) is 3.93. The molecular formula is C20H25N3O. The lowest BCUT2D eigenvalue weighted by molar-refractivity contribution is 0.102. The largest absolute Gasteiger partial charge is 0.398 e. The minimum absolute atomic E-state index is 0.109. The zero-order chi connectivity index (χ0) is 16.9. The van der Waals surface area contributed by atoms with Crippen molar-refractivity contribution in [3.63, 3.8) is 0 Å². The number of carbonyl (C=O) groups is 1. The summed E-state index contributed by atoms with van der Waals surface area (Å²) in [6, 6.07) is 13.5. The Balaban J connectivity index is 1.61. The van der Waals surface area contributed by atoms with Gasteiger partial charge in [-0.15, -0.1) is 0 Å². The highest BCUT2D eigenvalue weighted by Gasteiger charge is 2.11. The molecule has 1 aliphatic rings. The predicted molar refractivity (Wildman–Crippen MR) is 99.1 cm³/mol. The summed E-state index contributed by atoms with van der Waals surface area (Å²) in [5.41, 5.74) is 10.2. The van der Waals surface area contributed by atoms with Gasteiger partial charge in [0.25, 0.3) is 5.91 Å². The number of piperidine rings is 1. The van der Waals surface area contributed by atoms with Crippen LogP contribution in [-0.2, 0) is 6.54 Å². The summed E-state index contributed by atoms with van der Waals surface area (Å²) in [7, 11) is 0. The molecule has 1 saturated heterocycles. The molecule has 1 heterocycles. The van der Waals surface area contributed by atoms with Crippen molar-refractivity contribution in [2.45, 2.75) is 32.7 Å². The quantitative estimate of drug-likeness (QED) is 0.841. The lowest BCUT2D eigenvalue weighted by atomic mass is 10.1. The van der Waals surface area contributed by atoms with Gasteiger partial charge in [0.05, 0.1) is 0 Å². The van der Waals surface area contributed by atoms with Gasteiger partial charge in [-0.25, -0.2) is 0 Å². The van der Waals surface area contributed by atoms with E-state index in [0.717, 1.165) is 17.8 Å². The van der Waals surface area contributed by atoms with Crippen LogP contribution in [-0.4, -0.2) is 23.9 Å². The zero-order valence-electron chi connectivity index (χ0n) is 14.2. The minimum Gasteiger partial charge on any atom is -0.398 e. The number of carbonyl (C=O) groups excluding carboxylic acids is 1. The summed E-state index contributed by atoms with van der Waals surface area (Å²) in [6.45, 7) is 5.27. The smallest absolute Gasteiger partial charge is 0.255 e. The molecule has 3 N–H and O–H groups in total. The molecule has 0 spiro atoms. The number of nitrogens with one attached hydrogen (secondary N) is 1. The van der Waals surface area contributed by atoms with E-state index in [4.69, 9.17) is 5.73 Å². The summed E-state index contributed by atoms with van der Waals surface area (Å²) >= 11 is 0. The molecule has 4 nitrogen and oxygen atoms in total. The number of amides is 1. The van der Waals surface area contributed by atoms with Crippen LogP contribution in [0.1, 0.15) is 40.7 Å². The Morgan fingerprint density at radius 3 is 2.46 bits per heavy atom. The molecule has 1 amide bonds. The molecule has 0 saturated carbocycles. The van der Waals surface area contributed by atoms with Crippen molar-refractivity contribution in [1.82, 2.24) is 4.90 Å². The number of hydrogen-bond acceptors (Lipinski definition) is 3. The van der Waals surface area contributed by atoms with E-state index in [1.54, 1.807) is 6.07 Å². The molecule has 4 heteroatoms. The van der Waals surface area contributed by atoms with Gasteiger partial charge in [-0.2, -0.15) is 0 Å². The van der Waals surface area contributed by atoms with Crippen molar-refractivity contribution in [2.24, 2.45) is 0 Å². The van der Waals surface area contributed by atoms with Crippen molar-refractivity contribution in [1.29, 1.82) is 0 Å².